The van der Waals surface area contributed by atoms with Crippen molar-refractivity contribution in [2.24, 2.45) is 5.41 Å². The zero-order chi connectivity index (χ0) is 18.6. The molecule has 1 spiro atoms. The van der Waals surface area contributed by atoms with Crippen LogP contribution in [0.3, 0.4) is 0 Å². The molecular formula is C19H26FN3O3. The molecule has 3 amide bonds. The first-order chi connectivity index (χ1) is 12.5. The largest absolute Gasteiger partial charge is 0.383 e. The minimum Gasteiger partial charge on any atom is -0.383 e. The Hall–Kier alpha value is -2.15. The molecule has 1 atom stereocenters. The third kappa shape index (κ3) is 3.98. The molecule has 7 heteroatoms. The Morgan fingerprint density at radius 2 is 2.04 bits per heavy atom. The number of ether oxygens (including phenoxy) is 1. The molecule has 2 saturated heterocycles. The average molecular weight is 363 g/mol. The van der Waals surface area contributed by atoms with E-state index in [1.807, 2.05) is 4.90 Å². The fourth-order valence-corrected chi connectivity index (χ4v) is 3.88. The number of halogens is 1. The van der Waals surface area contributed by atoms with Gasteiger partial charge in [0.1, 0.15) is 5.82 Å². The normalized spacial score (nSPS) is 22.9. The predicted octanol–water partition coefficient (Wildman–Crippen LogP) is 2.00. The standard InChI is InChI=1S/C19H26FN3O3/c1-26-12-11-22-9-2-7-19(17(22)24)8-10-23(14-19)18(25)21-13-15-3-5-16(20)6-4-15/h3-6H,2,7-14H2,1H3,(H,21,25)/t19-/m0/s1. The summed E-state index contributed by atoms with van der Waals surface area (Å²) in [4.78, 5) is 29.0. The van der Waals surface area contributed by atoms with Gasteiger partial charge in [0, 0.05) is 39.8 Å². The number of carbonyl (C=O) groups is 2. The molecule has 2 aliphatic heterocycles. The van der Waals surface area contributed by atoms with E-state index in [9.17, 15) is 14.0 Å². The summed E-state index contributed by atoms with van der Waals surface area (Å²) in [6.45, 7) is 3.29. The molecule has 0 aliphatic carbocycles. The summed E-state index contributed by atoms with van der Waals surface area (Å²) in [5, 5.41) is 2.86. The summed E-state index contributed by atoms with van der Waals surface area (Å²) in [7, 11) is 1.63. The number of nitrogens with zero attached hydrogens (tertiary/aromatic N) is 2. The summed E-state index contributed by atoms with van der Waals surface area (Å²) < 4.78 is 18.0. The number of urea groups is 1. The number of piperidine rings is 1. The summed E-state index contributed by atoms with van der Waals surface area (Å²) in [6.07, 6.45) is 2.50. The van der Waals surface area contributed by atoms with Crippen molar-refractivity contribution in [1.29, 1.82) is 0 Å². The Balaban J connectivity index is 1.55. The first-order valence-electron chi connectivity index (χ1n) is 9.10. The first kappa shape index (κ1) is 18.6. The molecular weight excluding hydrogens is 337 g/mol. The molecule has 2 fully saturated rings. The highest BCUT2D eigenvalue weighted by atomic mass is 19.1. The van der Waals surface area contributed by atoms with Crippen LogP contribution in [0.4, 0.5) is 9.18 Å². The fraction of sp³-hybridized carbons (Fsp3) is 0.579. The molecule has 1 N–H and O–H groups in total. The van der Waals surface area contributed by atoms with Crippen LogP contribution in [0, 0.1) is 11.2 Å². The fourth-order valence-electron chi connectivity index (χ4n) is 3.88. The average Bonchev–Trinajstić information content (AvgIpc) is 3.07. The molecule has 0 bridgehead atoms. The molecule has 2 aliphatic rings. The van der Waals surface area contributed by atoms with E-state index < -0.39 is 5.41 Å². The number of nitrogens with one attached hydrogen (secondary N) is 1. The molecule has 1 aromatic rings. The van der Waals surface area contributed by atoms with Crippen LogP contribution in [0.25, 0.3) is 0 Å². The monoisotopic (exact) mass is 363 g/mol. The van der Waals surface area contributed by atoms with Gasteiger partial charge in [0.15, 0.2) is 0 Å². The highest BCUT2D eigenvalue weighted by molar-refractivity contribution is 5.85. The maximum atomic E-state index is 12.9. The summed E-state index contributed by atoms with van der Waals surface area (Å²) in [6, 6.07) is 5.88. The predicted molar refractivity (Wildman–Crippen MR) is 94.9 cm³/mol. The van der Waals surface area contributed by atoms with Crippen LogP contribution >= 0.6 is 0 Å². The van der Waals surface area contributed by atoms with Crippen LogP contribution in [-0.4, -0.2) is 61.6 Å². The van der Waals surface area contributed by atoms with E-state index in [1.165, 1.54) is 12.1 Å². The summed E-state index contributed by atoms with van der Waals surface area (Å²) in [5.74, 6) is -0.148. The van der Waals surface area contributed by atoms with E-state index in [-0.39, 0.29) is 17.8 Å². The molecule has 0 radical (unpaired) electrons. The number of carbonyl (C=O) groups excluding carboxylic acids is 2. The zero-order valence-corrected chi connectivity index (χ0v) is 15.2. The van der Waals surface area contributed by atoms with E-state index in [0.717, 1.165) is 24.9 Å². The van der Waals surface area contributed by atoms with E-state index in [0.29, 0.717) is 39.2 Å². The first-order valence-corrected chi connectivity index (χ1v) is 9.10. The lowest BCUT2D eigenvalue weighted by Gasteiger charge is -2.39. The second kappa shape index (κ2) is 8.03. The highest BCUT2D eigenvalue weighted by Gasteiger charge is 2.49. The van der Waals surface area contributed by atoms with Gasteiger partial charge in [-0.3, -0.25) is 4.79 Å². The second-order valence-corrected chi connectivity index (χ2v) is 7.13. The Bertz CT molecular complexity index is 652. The van der Waals surface area contributed by atoms with Crippen molar-refractivity contribution in [2.45, 2.75) is 25.8 Å². The number of benzene rings is 1. The van der Waals surface area contributed by atoms with Gasteiger partial charge in [0.25, 0.3) is 0 Å². The zero-order valence-electron chi connectivity index (χ0n) is 15.2. The van der Waals surface area contributed by atoms with E-state index in [4.69, 9.17) is 4.74 Å². The van der Waals surface area contributed by atoms with E-state index >= 15 is 0 Å². The van der Waals surface area contributed by atoms with Crippen molar-refractivity contribution in [1.82, 2.24) is 15.1 Å². The topological polar surface area (TPSA) is 61.9 Å². The van der Waals surface area contributed by atoms with Gasteiger partial charge in [-0.1, -0.05) is 12.1 Å². The Morgan fingerprint density at radius 3 is 2.77 bits per heavy atom. The van der Waals surface area contributed by atoms with Gasteiger partial charge in [-0.15, -0.1) is 0 Å². The highest BCUT2D eigenvalue weighted by Crippen LogP contribution is 2.40. The maximum Gasteiger partial charge on any atom is 0.317 e. The molecule has 3 rings (SSSR count). The number of hydrogen-bond acceptors (Lipinski definition) is 3. The van der Waals surface area contributed by atoms with Crippen molar-refractivity contribution < 1.29 is 18.7 Å². The van der Waals surface area contributed by atoms with Gasteiger partial charge in [-0.2, -0.15) is 0 Å². The number of methoxy groups -OCH3 is 1. The Kier molecular flexibility index (Phi) is 5.76. The lowest BCUT2D eigenvalue weighted by Crippen LogP contribution is -2.51. The van der Waals surface area contributed by atoms with Gasteiger partial charge in [-0.25, -0.2) is 9.18 Å². The van der Waals surface area contributed by atoms with Crippen LogP contribution in [0.1, 0.15) is 24.8 Å². The van der Waals surface area contributed by atoms with Crippen molar-refractivity contribution in [2.75, 3.05) is 39.9 Å². The molecule has 142 valence electrons. The third-order valence-electron chi connectivity index (χ3n) is 5.39. The molecule has 26 heavy (non-hydrogen) atoms. The van der Waals surface area contributed by atoms with Gasteiger partial charge >= 0.3 is 6.03 Å². The minimum atomic E-state index is -0.445. The Morgan fingerprint density at radius 1 is 1.27 bits per heavy atom. The molecule has 0 aromatic heterocycles. The van der Waals surface area contributed by atoms with Crippen LogP contribution in [0.2, 0.25) is 0 Å². The number of amides is 3. The van der Waals surface area contributed by atoms with E-state index in [1.54, 1.807) is 24.1 Å². The SMILES string of the molecule is COCCN1CCC[C@@]2(CCN(C(=O)NCc3ccc(F)cc3)C2)C1=O. The number of likely N-dealkylation sites (tertiary alicyclic amines) is 2. The van der Waals surface area contributed by atoms with Crippen molar-refractivity contribution >= 4 is 11.9 Å². The summed E-state index contributed by atoms with van der Waals surface area (Å²) >= 11 is 0. The van der Waals surface area contributed by atoms with Crippen LogP contribution in [0.15, 0.2) is 24.3 Å². The third-order valence-corrected chi connectivity index (χ3v) is 5.39. The van der Waals surface area contributed by atoms with Crippen LogP contribution < -0.4 is 5.32 Å². The van der Waals surface area contributed by atoms with Gasteiger partial charge < -0.3 is 19.9 Å². The van der Waals surface area contributed by atoms with Crippen LogP contribution in [-0.2, 0) is 16.1 Å². The molecule has 0 unspecified atom stereocenters. The molecule has 1 aromatic carbocycles. The molecule has 2 heterocycles. The van der Waals surface area contributed by atoms with Crippen molar-refractivity contribution in [3.63, 3.8) is 0 Å². The van der Waals surface area contributed by atoms with E-state index in [2.05, 4.69) is 5.32 Å². The maximum absolute atomic E-state index is 12.9. The lowest BCUT2D eigenvalue weighted by atomic mass is 9.78. The quantitative estimate of drug-likeness (QED) is 0.870. The number of hydrogen-bond donors (Lipinski definition) is 1. The van der Waals surface area contributed by atoms with Crippen molar-refractivity contribution in [3.05, 3.63) is 35.6 Å². The van der Waals surface area contributed by atoms with Crippen molar-refractivity contribution in [3.8, 4) is 0 Å². The minimum absolute atomic E-state index is 0.148. The molecule has 6 nitrogen and oxygen atoms in total. The second-order valence-electron chi connectivity index (χ2n) is 7.13. The lowest BCUT2D eigenvalue weighted by molar-refractivity contribution is -0.146. The molecule has 0 saturated carbocycles. The van der Waals surface area contributed by atoms with Gasteiger partial charge in [0.2, 0.25) is 5.91 Å². The Labute approximate surface area is 153 Å². The van der Waals surface area contributed by atoms with Crippen LogP contribution in [0.5, 0.6) is 0 Å². The smallest absolute Gasteiger partial charge is 0.317 e. The number of rotatable bonds is 5. The summed E-state index contributed by atoms with van der Waals surface area (Å²) in [5.41, 5.74) is 0.396. The van der Waals surface area contributed by atoms with Gasteiger partial charge in [0.05, 0.1) is 12.0 Å². The van der Waals surface area contributed by atoms with Gasteiger partial charge in [-0.05, 0) is 37.0 Å².